The largest absolute Gasteiger partial charge is 0.354 e. The van der Waals surface area contributed by atoms with Crippen molar-refractivity contribution in [1.29, 1.82) is 0 Å². The van der Waals surface area contributed by atoms with Crippen LogP contribution in [-0.2, 0) is 4.79 Å². The Morgan fingerprint density at radius 2 is 2.17 bits per heavy atom. The first-order valence-electron chi connectivity index (χ1n) is 7.96. The number of urea groups is 1. The molecule has 0 spiro atoms. The summed E-state index contributed by atoms with van der Waals surface area (Å²) >= 11 is 1.67. The molecule has 2 heterocycles. The SMILES string of the molecule is C[C@@H](NC(=O)N[C@@H]1CCCCNC1=O)c1csc2ccccc12. The third-order valence-electron chi connectivity index (χ3n) is 4.17. The molecule has 1 fully saturated rings. The summed E-state index contributed by atoms with van der Waals surface area (Å²) in [5.41, 5.74) is 1.10. The van der Waals surface area contributed by atoms with E-state index in [0.29, 0.717) is 13.0 Å². The van der Waals surface area contributed by atoms with Crippen LogP contribution in [0.15, 0.2) is 29.6 Å². The van der Waals surface area contributed by atoms with Crippen LogP contribution in [0, 0.1) is 0 Å². The number of nitrogens with one attached hydrogen (secondary N) is 3. The molecule has 1 saturated heterocycles. The van der Waals surface area contributed by atoms with Gasteiger partial charge in [-0.1, -0.05) is 18.2 Å². The molecular formula is C17H21N3O2S. The molecule has 6 heteroatoms. The number of thiophene rings is 1. The molecule has 23 heavy (non-hydrogen) atoms. The maximum absolute atomic E-state index is 12.2. The van der Waals surface area contributed by atoms with Crippen molar-refractivity contribution in [2.24, 2.45) is 0 Å². The second-order valence-electron chi connectivity index (χ2n) is 5.87. The molecule has 1 aromatic carbocycles. The Morgan fingerprint density at radius 3 is 3.04 bits per heavy atom. The van der Waals surface area contributed by atoms with Crippen LogP contribution in [0.3, 0.4) is 0 Å². The lowest BCUT2D eigenvalue weighted by molar-refractivity contribution is -0.122. The number of carbonyl (C=O) groups excluding carboxylic acids is 2. The van der Waals surface area contributed by atoms with Gasteiger partial charge in [0.05, 0.1) is 6.04 Å². The van der Waals surface area contributed by atoms with Gasteiger partial charge in [0.15, 0.2) is 0 Å². The van der Waals surface area contributed by atoms with E-state index in [4.69, 9.17) is 0 Å². The number of amides is 3. The molecule has 0 bridgehead atoms. The molecule has 0 saturated carbocycles. The number of hydrogen-bond donors (Lipinski definition) is 3. The van der Waals surface area contributed by atoms with Crippen molar-refractivity contribution in [3.05, 3.63) is 35.2 Å². The molecule has 2 atom stereocenters. The van der Waals surface area contributed by atoms with Gasteiger partial charge in [-0.25, -0.2) is 4.79 Å². The summed E-state index contributed by atoms with van der Waals surface area (Å²) in [6, 6.07) is 7.31. The van der Waals surface area contributed by atoms with Crippen molar-refractivity contribution >= 4 is 33.4 Å². The first-order chi connectivity index (χ1) is 11.1. The van der Waals surface area contributed by atoms with Crippen LogP contribution in [0.25, 0.3) is 10.1 Å². The summed E-state index contributed by atoms with van der Waals surface area (Å²) in [7, 11) is 0. The summed E-state index contributed by atoms with van der Waals surface area (Å²) in [4.78, 5) is 24.1. The van der Waals surface area contributed by atoms with E-state index in [-0.39, 0.29) is 18.0 Å². The molecule has 122 valence electrons. The highest BCUT2D eigenvalue weighted by atomic mass is 32.1. The van der Waals surface area contributed by atoms with Crippen molar-refractivity contribution in [3.8, 4) is 0 Å². The number of fused-ring (bicyclic) bond motifs is 1. The van der Waals surface area contributed by atoms with Crippen LogP contribution in [0.2, 0.25) is 0 Å². The molecule has 1 aromatic heterocycles. The van der Waals surface area contributed by atoms with E-state index in [1.54, 1.807) is 11.3 Å². The monoisotopic (exact) mass is 331 g/mol. The zero-order valence-electron chi connectivity index (χ0n) is 13.1. The number of rotatable bonds is 3. The Balaban J connectivity index is 1.64. The molecule has 3 N–H and O–H groups in total. The summed E-state index contributed by atoms with van der Waals surface area (Å²) < 4.78 is 1.21. The van der Waals surface area contributed by atoms with Gasteiger partial charge in [0, 0.05) is 11.2 Å². The first-order valence-corrected chi connectivity index (χ1v) is 8.84. The molecule has 0 radical (unpaired) electrons. The van der Waals surface area contributed by atoms with Gasteiger partial charge in [-0.3, -0.25) is 4.79 Å². The van der Waals surface area contributed by atoms with Crippen molar-refractivity contribution in [3.63, 3.8) is 0 Å². The van der Waals surface area contributed by atoms with Gasteiger partial charge in [0.2, 0.25) is 5.91 Å². The van der Waals surface area contributed by atoms with E-state index in [2.05, 4.69) is 33.5 Å². The Kier molecular flexibility index (Phi) is 4.81. The fourth-order valence-corrected chi connectivity index (χ4v) is 3.94. The zero-order chi connectivity index (χ0) is 16.2. The molecule has 2 aromatic rings. The molecule has 0 unspecified atom stereocenters. The van der Waals surface area contributed by atoms with E-state index in [9.17, 15) is 9.59 Å². The summed E-state index contributed by atoms with van der Waals surface area (Å²) in [6.45, 7) is 2.65. The van der Waals surface area contributed by atoms with Crippen LogP contribution in [0.1, 0.15) is 37.8 Å². The summed E-state index contributed by atoms with van der Waals surface area (Å²) in [5.74, 6) is -0.0914. The third kappa shape index (κ3) is 3.64. The van der Waals surface area contributed by atoms with Crippen LogP contribution < -0.4 is 16.0 Å². The van der Waals surface area contributed by atoms with Gasteiger partial charge in [0.1, 0.15) is 6.04 Å². The second-order valence-corrected chi connectivity index (χ2v) is 6.78. The van der Waals surface area contributed by atoms with E-state index >= 15 is 0 Å². The Labute approximate surface area is 139 Å². The molecule has 3 amide bonds. The second kappa shape index (κ2) is 7.00. The molecule has 3 rings (SSSR count). The third-order valence-corrected chi connectivity index (χ3v) is 5.15. The standard InChI is InChI=1S/C17H21N3O2S/c1-11(13-10-23-15-8-3-2-6-12(13)15)19-17(22)20-14-7-4-5-9-18-16(14)21/h2-3,6,8,10-11,14H,4-5,7,9H2,1H3,(H,18,21)(H2,19,20,22)/t11-,14-/m1/s1. The number of benzene rings is 1. The predicted octanol–water partition coefficient (Wildman–Crippen LogP) is 2.93. The van der Waals surface area contributed by atoms with E-state index in [1.165, 1.54) is 4.70 Å². The summed E-state index contributed by atoms with van der Waals surface area (Å²) in [6.07, 6.45) is 2.59. The topological polar surface area (TPSA) is 70.2 Å². The number of carbonyl (C=O) groups is 2. The minimum atomic E-state index is -0.441. The molecular weight excluding hydrogens is 310 g/mol. The fraction of sp³-hybridized carbons (Fsp3) is 0.412. The van der Waals surface area contributed by atoms with E-state index in [1.807, 2.05) is 19.1 Å². The van der Waals surface area contributed by atoms with Crippen LogP contribution in [0.5, 0.6) is 0 Å². The van der Waals surface area contributed by atoms with Gasteiger partial charge in [0.25, 0.3) is 0 Å². The molecule has 0 aliphatic carbocycles. The fourth-order valence-electron chi connectivity index (χ4n) is 2.89. The minimum absolute atomic E-state index is 0.0914. The maximum atomic E-state index is 12.2. The van der Waals surface area contributed by atoms with Gasteiger partial charge >= 0.3 is 6.03 Å². The van der Waals surface area contributed by atoms with Crippen LogP contribution in [-0.4, -0.2) is 24.5 Å². The highest BCUT2D eigenvalue weighted by Crippen LogP contribution is 2.29. The van der Waals surface area contributed by atoms with Crippen molar-refractivity contribution in [2.75, 3.05) is 6.54 Å². The highest BCUT2D eigenvalue weighted by molar-refractivity contribution is 7.17. The van der Waals surface area contributed by atoms with Crippen LogP contribution in [0.4, 0.5) is 4.79 Å². The van der Waals surface area contributed by atoms with Crippen molar-refractivity contribution < 1.29 is 9.59 Å². The molecule has 1 aliphatic rings. The van der Waals surface area contributed by atoms with E-state index < -0.39 is 6.04 Å². The normalized spacial score (nSPS) is 19.7. The molecule has 5 nitrogen and oxygen atoms in total. The zero-order valence-corrected chi connectivity index (χ0v) is 13.9. The van der Waals surface area contributed by atoms with E-state index in [0.717, 1.165) is 23.8 Å². The summed E-state index contributed by atoms with van der Waals surface area (Å²) in [5, 5.41) is 11.8. The smallest absolute Gasteiger partial charge is 0.315 e. The van der Waals surface area contributed by atoms with Gasteiger partial charge in [-0.15, -0.1) is 11.3 Å². The maximum Gasteiger partial charge on any atom is 0.315 e. The quantitative estimate of drug-likeness (QED) is 0.809. The molecule has 1 aliphatic heterocycles. The van der Waals surface area contributed by atoms with Gasteiger partial charge in [-0.05, 0) is 48.6 Å². The average molecular weight is 331 g/mol. The predicted molar refractivity (Wildman–Crippen MR) is 92.6 cm³/mol. The average Bonchev–Trinajstić information content (AvgIpc) is 2.87. The van der Waals surface area contributed by atoms with Gasteiger partial charge < -0.3 is 16.0 Å². The van der Waals surface area contributed by atoms with Gasteiger partial charge in [-0.2, -0.15) is 0 Å². The highest BCUT2D eigenvalue weighted by Gasteiger charge is 2.23. The number of hydrogen-bond acceptors (Lipinski definition) is 3. The Morgan fingerprint density at radius 1 is 1.35 bits per heavy atom. The Bertz CT molecular complexity index is 713. The Hall–Kier alpha value is -2.08. The van der Waals surface area contributed by atoms with Crippen molar-refractivity contribution in [2.45, 2.75) is 38.3 Å². The first kappa shape index (κ1) is 15.8. The lowest BCUT2D eigenvalue weighted by Gasteiger charge is -2.19. The lowest BCUT2D eigenvalue weighted by Crippen LogP contribution is -2.49. The van der Waals surface area contributed by atoms with Crippen molar-refractivity contribution in [1.82, 2.24) is 16.0 Å². The van der Waals surface area contributed by atoms with Crippen LogP contribution >= 0.6 is 11.3 Å². The lowest BCUT2D eigenvalue weighted by atomic mass is 10.1. The minimum Gasteiger partial charge on any atom is -0.354 e.